The number of nitrogens with zero attached hydrogens (tertiary/aromatic N) is 3. The highest BCUT2D eigenvalue weighted by atomic mass is 32.1. The van der Waals surface area contributed by atoms with Crippen molar-refractivity contribution in [3.8, 4) is 10.4 Å². The van der Waals surface area contributed by atoms with E-state index in [1.165, 1.54) is 18.7 Å². The minimum absolute atomic E-state index is 0.0139. The fraction of sp³-hybridized carbons (Fsp3) is 0.615. The van der Waals surface area contributed by atoms with Gasteiger partial charge in [0.25, 0.3) is 17.7 Å². The van der Waals surface area contributed by atoms with Crippen molar-refractivity contribution in [2.75, 3.05) is 25.0 Å². The zero-order valence-electron chi connectivity index (χ0n) is 22.5. The summed E-state index contributed by atoms with van der Waals surface area (Å²) < 4.78 is 85.4. The van der Waals surface area contributed by atoms with Crippen LogP contribution in [0, 0.1) is 0 Å². The van der Waals surface area contributed by atoms with Crippen molar-refractivity contribution in [1.29, 1.82) is 0 Å². The standard InChI is InChI=1S/C26H31F6N5O3S/c1-24(2,40)13-34-21(38)22-36-19(23(39)37-9-6-14(27)7-10-37)20(41-22)15-12-33-18(11-16(15)26(30,31)32)35-17-5-3-4-8-25(17,28)29/h11-12,14,17,40H,3-10,13H2,1-2H3,(H,33,35)(H,34,38). The van der Waals surface area contributed by atoms with Crippen molar-refractivity contribution in [3.05, 3.63) is 28.5 Å². The number of amides is 2. The number of likely N-dealkylation sites (tertiary alicyclic amines) is 1. The highest BCUT2D eigenvalue weighted by Gasteiger charge is 2.43. The Morgan fingerprint density at radius 2 is 1.85 bits per heavy atom. The Morgan fingerprint density at radius 1 is 1.17 bits per heavy atom. The molecule has 2 aliphatic rings. The Hall–Kier alpha value is -2.94. The molecule has 1 saturated carbocycles. The zero-order chi connectivity index (χ0) is 30.2. The van der Waals surface area contributed by atoms with Gasteiger partial charge in [-0.2, -0.15) is 13.2 Å². The van der Waals surface area contributed by atoms with E-state index in [2.05, 4.69) is 20.6 Å². The Kier molecular flexibility index (Phi) is 8.88. The molecule has 0 spiro atoms. The lowest BCUT2D eigenvalue weighted by Gasteiger charge is -2.32. The third kappa shape index (κ3) is 7.48. The number of pyridine rings is 1. The number of thiazole rings is 1. The van der Waals surface area contributed by atoms with E-state index < -0.39 is 64.4 Å². The molecule has 1 unspecified atom stereocenters. The second-order valence-electron chi connectivity index (χ2n) is 11.0. The molecule has 4 rings (SSSR count). The molecule has 3 heterocycles. The van der Waals surface area contributed by atoms with Crippen LogP contribution < -0.4 is 10.6 Å². The van der Waals surface area contributed by atoms with Crippen molar-refractivity contribution in [1.82, 2.24) is 20.2 Å². The molecule has 8 nitrogen and oxygen atoms in total. The molecule has 15 heteroatoms. The molecule has 2 amide bonds. The van der Waals surface area contributed by atoms with E-state index in [9.17, 15) is 41.0 Å². The number of piperidine rings is 1. The lowest BCUT2D eigenvalue weighted by atomic mass is 9.91. The maximum Gasteiger partial charge on any atom is 0.417 e. The van der Waals surface area contributed by atoms with Gasteiger partial charge in [0.15, 0.2) is 5.01 Å². The van der Waals surface area contributed by atoms with Crippen LogP contribution in [-0.4, -0.2) is 75.2 Å². The van der Waals surface area contributed by atoms with Gasteiger partial charge >= 0.3 is 6.18 Å². The van der Waals surface area contributed by atoms with Crippen LogP contribution in [0.25, 0.3) is 10.4 Å². The van der Waals surface area contributed by atoms with E-state index >= 15 is 0 Å². The third-order valence-electron chi connectivity index (χ3n) is 6.96. The van der Waals surface area contributed by atoms with Gasteiger partial charge in [0, 0.05) is 37.8 Å². The highest BCUT2D eigenvalue weighted by Crippen LogP contribution is 2.42. The largest absolute Gasteiger partial charge is 0.417 e. The van der Waals surface area contributed by atoms with Crippen LogP contribution in [0.1, 0.15) is 78.2 Å². The fourth-order valence-corrected chi connectivity index (χ4v) is 5.72. The van der Waals surface area contributed by atoms with Gasteiger partial charge in [-0.15, -0.1) is 11.3 Å². The summed E-state index contributed by atoms with van der Waals surface area (Å²) in [5.74, 6) is -5.12. The first-order valence-corrected chi connectivity index (χ1v) is 14.0. The van der Waals surface area contributed by atoms with Gasteiger partial charge in [-0.25, -0.2) is 23.1 Å². The number of carbonyl (C=O) groups is 2. The number of rotatable bonds is 7. The molecular formula is C26H31F6N5O3S. The summed E-state index contributed by atoms with van der Waals surface area (Å²) in [7, 11) is 0. The average molecular weight is 608 g/mol. The topological polar surface area (TPSA) is 107 Å². The van der Waals surface area contributed by atoms with Gasteiger partial charge in [0.2, 0.25) is 0 Å². The average Bonchev–Trinajstić information content (AvgIpc) is 3.33. The number of halogens is 6. The van der Waals surface area contributed by atoms with Crippen LogP contribution in [0.3, 0.4) is 0 Å². The van der Waals surface area contributed by atoms with E-state index in [1.807, 2.05) is 0 Å². The zero-order valence-corrected chi connectivity index (χ0v) is 23.3. The molecular weight excluding hydrogens is 576 g/mol. The molecule has 1 atom stereocenters. The maximum atomic E-state index is 14.4. The highest BCUT2D eigenvalue weighted by molar-refractivity contribution is 7.17. The first kappa shape index (κ1) is 31.0. The van der Waals surface area contributed by atoms with Gasteiger partial charge in [-0.05, 0) is 45.6 Å². The van der Waals surface area contributed by atoms with E-state index in [0.717, 1.165) is 6.20 Å². The number of nitrogens with one attached hydrogen (secondary N) is 2. The minimum atomic E-state index is -4.98. The van der Waals surface area contributed by atoms with Crippen LogP contribution in [0.5, 0.6) is 0 Å². The summed E-state index contributed by atoms with van der Waals surface area (Å²) in [6.45, 7) is 2.70. The predicted octanol–water partition coefficient (Wildman–Crippen LogP) is 5.29. The first-order valence-electron chi connectivity index (χ1n) is 13.2. The van der Waals surface area contributed by atoms with E-state index in [0.29, 0.717) is 30.2 Å². The Bertz CT molecular complexity index is 1270. The molecule has 1 aliphatic heterocycles. The molecule has 2 fully saturated rings. The number of aliphatic hydroxyl groups is 1. The predicted molar refractivity (Wildman–Crippen MR) is 140 cm³/mol. The van der Waals surface area contributed by atoms with Crippen molar-refractivity contribution in [2.24, 2.45) is 0 Å². The number of hydrogen-bond donors (Lipinski definition) is 3. The van der Waals surface area contributed by atoms with Crippen LogP contribution >= 0.6 is 11.3 Å². The van der Waals surface area contributed by atoms with Crippen molar-refractivity contribution < 1.29 is 41.0 Å². The third-order valence-corrected chi connectivity index (χ3v) is 8.04. The summed E-state index contributed by atoms with van der Waals surface area (Å²) in [5.41, 5.74) is -3.54. The minimum Gasteiger partial charge on any atom is -0.389 e. The summed E-state index contributed by atoms with van der Waals surface area (Å²) in [5, 5.41) is 14.5. The van der Waals surface area contributed by atoms with Crippen LogP contribution in [0.2, 0.25) is 0 Å². The summed E-state index contributed by atoms with van der Waals surface area (Å²) >= 11 is 0.529. The summed E-state index contributed by atoms with van der Waals surface area (Å²) in [4.78, 5) is 35.2. The lowest BCUT2D eigenvalue weighted by molar-refractivity contribution is -0.137. The van der Waals surface area contributed by atoms with E-state index in [1.54, 1.807) is 0 Å². The van der Waals surface area contributed by atoms with E-state index in [-0.39, 0.29) is 55.2 Å². The van der Waals surface area contributed by atoms with Gasteiger partial charge in [-0.3, -0.25) is 9.59 Å². The molecule has 1 saturated heterocycles. The van der Waals surface area contributed by atoms with Crippen LogP contribution in [0.15, 0.2) is 12.3 Å². The molecule has 226 valence electrons. The molecule has 0 aromatic carbocycles. The second kappa shape index (κ2) is 11.7. The van der Waals surface area contributed by atoms with E-state index in [4.69, 9.17) is 0 Å². The number of hydrogen-bond acceptors (Lipinski definition) is 7. The number of alkyl halides is 6. The molecule has 41 heavy (non-hydrogen) atoms. The van der Waals surface area contributed by atoms with Crippen LogP contribution in [0.4, 0.5) is 32.2 Å². The molecule has 0 bridgehead atoms. The van der Waals surface area contributed by atoms with Crippen molar-refractivity contribution >= 4 is 29.0 Å². The first-order chi connectivity index (χ1) is 19.0. The van der Waals surface area contributed by atoms with Gasteiger partial charge in [0.05, 0.1) is 22.1 Å². The molecule has 2 aromatic heterocycles. The number of anilines is 1. The lowest BCUT2D eigenvalue weighted by Crippen LogP contribution is -2.42. The van der Waals surface area contributed by atoms with Crippen molar-refractivity contribution in [3.63, 3.8) is 0 Å². The van der Waals surface area contributed by atoms with Crippen molar-refractivity contribution in [2.45, 2.75) is 82.3 Å². The summed E-state index contributed by atoms with van der Waals surface area (Å²) in [6.07, 6.45) is -4.72. The van der Waals surface area contributed by atoms with Gasteiger partial charge in [-0.1, -0.05) is 6.42 Å². The second-order valence-corrected chi connectivity index (χ2v) is 12.0. The Morgan fingerprint density at radius 3 is 2.46 bits per heavy atom. The quantitative estimate of drug-likeness (QED) is 0.370. The molecule has 2 aromatic rings. The SMILES string of the molecule is CC(C)(O)CNC(=O)c1nc(C(=O)N2CCC(F)CC2)c(-c2cnc(NC3CCCCC3(F)F)cc2C(F)(F)F)s1. The Labute approximate surface area is 236 Å². The summed E-state index contributed by atoms with van der Waals surface area (Å²) in [6, 6.07) is -0.780. The molecule has 3 N–H and O–H groups in total. The monoisotopic (exact) mass is 607 g/mol. The smallest absolute Gasteiger partial charge is 0.389 e. The Balaban J connectivity index is 1.75. The number of carbonyl (C=O) groups excluding carboxylic acids is 2. The van der Waals surface area contributed by atoms with Crippen LogP contribution in [-0.2, 0) is 6.18 Å². The maximum absolute atomic E-state index is 14.4. The van der Waals surface area contributed by atoms with Gasteiger partial charge in [0.1, 0.15) is 17.7 Å². The fourth-order valence-electron chi connectivity index (χ4n) is 4.72. The molecule has 0 radical (unpaired) electrons. The van der Waals surface area contributed by atoms with Gasteiger partial charge < -0.3 is 20.6 Å². The normalized spacial score (nSPS) is 20.1. The number of aromatic nitrogens is 2. The molecule has 1 aliphatic carbocycles.